The average molecular weight is 253 g/mol. The first kappa shape index (κ1) is 11.9. The quantitative estimate of drug-likeness (QED) is 0.786. The van der Waals surface area contributed by atoms with Crippen LogP contribution in [0.15, 0.2) is 23.7 Å². The number of nitrogens with zero attached hydrogens (tertiary/aromatic N) is 1. The smallest absolute Gasteiger partial charge is 0.179 e. The van der Waals surface area contributed by atoms with Gasteiger partial charge in [0.1, 0.15) is 11.6 Å². The number of carbonyl (C=O) groups excluding carboxylic acids is 1. The van der Waals surface area contributed by atoms with E-state index in [1.54, 1.807) is 12.4 Å². The van der Waals surface area contributed by atoms with Crippen LogP contribution in [0.2, 0.25) is 0 Å². The zero-order chi connectivity index (χ0) is 12.4. The fraction of sp³-hybridized carbons (Fsp3) is 0.167. The number of ketones is 1. The van der Waals surface area contributed by atoms with Crippen LogP contribution in [-0.2, 0) is 6.42 Å². The van der Waals surface area contributed by atoms with E-state index in [9.17, 15) is 13.6 Å². The fourth-order valence-electron chi connectivity index (χ4n) is 1.55. The van der Waals surface area contributed by atoms with Crippen LogP contribution >= 0.6 is 11.3 Å². The molecule has 1 heterocycles. The van der Waals surface area contributed by atoms with Gasteiger partial charge in [0, 0.05) is 12.5 Å². The molecule has 2 rings (SSSR count). The van der Waals surface area contributed by atoms with Crippen LogP contribution in [0.5, 0.6) is 0 Å². The Morgan fingerprint density at radius 3 is 2.47 bits per heavy atom. The Bertz CT molecular complexity index is 545. The summed E-state index contributed by atoms with van der Waals surface area (Å²) in [5.41, 5.74) is 2.56. The molecule has 0 aliphatic heterocycles. The number of aromatic nitrogens is 1. The van der Waals surface area contributed by atoms with E-state index in [1.165, 1.54) is 11.3 Å². The first-order valence-electron chi connectivity index (χ1n) is 4.94. The molecule has 1 aromatic carbocycles. The van der Waals surface area contributed by atoms with E-state index >= 15 is 0 Å². The molecule has 0 amide bonds. The van der Waals surface area contributed by atoms with Crippen molar-refractivity contribution in [1.82, 2.24) is 4.98 Å². The molecule has 88 valence electrons. The van der Waals surface area contributed by atoms with E-state index in [-0.39, 0.29) is 12.2 Å². The predicted octanol–water partition coefficient (Wildman–Crippen LogP) is 3.16. The molecule has 0 radical (unpaired) electrons. The molecule has 2 aromatic rings. The highest BCUT2D eigenvalue weighted by Crippen LogP contribution is 2.16. The third kappa shape index (κ3) is 2.74. The minimum absolute atomic E-state index is 0.0162. The summed E-state index contributed by atoms with van der Waals surface area (Å²) in [6.07, 6.45) is -0.0162. The molecule has 5 heteroatoms. The van der Waals surface area contributed by atoms with Gasteiger partial charge in [-0.15, -0.1) is 11.3 Å². The number of rotatable bonds is 3. The Morgan fingerprint density at radius 2 is 1.94 bits per heavy atom. The van der Waals surface area contributed by atoms with Gasteiger partial charge in [0.25, 0.3) is 0 Å². The lowest BCUT2D eigenvalue weighted by molar-refractivity contribution is 0.0996. The molecule has 0 saturated carbocycles. The molecule has 0 unspecified atom stereocenters. The van der Waals surface area contributed by atoms with Gasteiger partial charge < -0.3 is 0 Å². The van der Waals surface area contributed by atoms with Crippen molar-refractivity contribution in [2.24, 2.45) is 0 Å². The fourth-order valence-corrected chi connectivity index (χ4v) is 2.29. The molecular weight excluding hydrogens is 244 g/mol. The maximum Gasteiger partial charge on any atom is 0.179 e. The zero-order valence-electron chi connectivity index (χ0n) is 9.04. The van der Waals surface area contributed by atoms with Crippen LogP contribution < -0.4 is 0 Å². The molecule has 0 atom stereocenters. The maximum atomic E-state index is 12.9. The van der Waals surface area contributed by atoms with Gasteiger partial charge in [0.2, 0.25) is 0 Å². The van der Waals surface area contributed by atoms with Gasteiger partial charge in [-0.1, -0.05) is 0 Å². The predicted molar refractivity (Wildman–Crippen MR) is 61.2 cm³/mol. The Labute approximate surface area is 101 Å². The summed E-state index contributed by atoms with van der Waals surface area (Å²) in [6.45, 7) is 1.73. The van der Waals surface area contributed by atoms with Gasteiger partial charge in [-0.25, -0.2) is 13.8 Å². The number of carbonyl (C=O) groups is 1. The second-order valence-electron chi connectivity index (χ2n) is 3.64. The number of Topliss-reactive ketones (excluding diaryl/α,β-unsaturated/α-hetero) is 1. The first-order valence-corrected chi connectivity index (χ1v) is 5.82. The van der Waals surface area contributed by atoms with E-state index in [0.29, 0.717) is 16.1 Å². The second kappa shape index (κ2) is 4.71. The molecule has 0 aliphatic carbocycles. The highest BCUT2D eigenvalue weighted by atomic mass is 32.1. The molecule has 17 heavy (non-hydrogen) atoms. The lowest BCUT2D eigenvalue weighted by Crippen LogP contribution is -2.04. The SMILES string of the molecule is Cc1ncsc1C(=O)Cc1cc(F)cc(F)c1. The van der Waals surface area contributed by atoms with Crippen LogP contribution in [0, 0.1) is 18.6 Å². The lowest BCUT2D eigenvalue weighted by atomic mass is 10.1. The van der Waals surface area contributed by atoms with Crippen molar-refractivity contribution in [3.8, 4) is 0 Å². The summed E-state index contributed by atoms with van der Waals surface area (Å²) in [5, 5.41) is 0. The summed E-state index contributed by atoms with van der Waals surface area (Å²) >= 11 is 1.24. The molecule has 2 nitrogen and oxygen atoms in total. The molecule has 0 bridgehead atoms. The van der Waals surface area contributed by atoms with E-state index in [0.717, 1.165) is 18.2 Å². The van der Waals surface area contributed by atoms with E-state index in [4.69, 9.17) is 0 Å². The van der Waals surface area contributed by atoms with E-state index < -0.39 is 11.6 Å². The molecule has 0 aliphatic rings. The van der Waals surface area contributed by atoms with Gasteiger partial charge in [0.05, 0.1) is 16.1 Å². The minimum Gasteiger partial charge on any atom is -0.293 e. The van der Waals surface area contributed by atoms with Crippen molar-refractivity contribution in [3.63, 3.8) is 0 Å². The van der Waals surface area contributed by atoms with Crippen molar-refractivity contribution in [2.45, 2.75) is 13.3 Å². The van der Waals surface area contributed by atoms with E-state index in [1.807, 2.05) is 0 Å². The Morgan fingerprint density at radius 1 is 1.29 bits per heavy atom. The first-order chi connectivity index (χ1) is 8.06. The summed E-state index contributed by atoms with van der Waals surface area (Å²) < 4.78 is 25.9. The van der Waals surface area contributed by atoms with Crippen molar-refractivity contribution in [2.75, 3.05) is 0 Å². The Balaban J connectivity index is 2.21. The standard InChI is InChI=1S/C12H9F2NOS/c1-7-12(17-6-15-7)11(16)4-8-2-9(13)5-10(14)3-8/h2-3,5-6H,4H2,1H3. The number of halogens is 2. The van der Waals surface area contributed by atoms with Crippen LogP contribution in [0.4, 0.5) is 8.78 Å². The molecule has 1 aromatic heterocycles. The normalized spacial score (nSPS) is 10.5. The Hall–Kier alpha value is -1.62. The van der Waals surface area contributed by atoms with E-state index in [2.05, 4.69) is 4.98 Å². The average Bonchev–Trinajstić information content (AvgIpc) is 2.62. The maximum absolute atomic E-state index is 12.9. The molecule has 0 fully saturated rings. The third-order valence-electron chi connectivity index (χ3n) is 2.29. The number of thiazole rings is 1. The highest BCUT2D eigenvalue weighted by molar-refractivity contribution is 7.11. The van der Waals surface area contributed by atoms with Crippen LogP contribution in [-0.4, -0.2) is 10.8 Å². The lowest BCUT2D eigenvalue weighted by Gasteiger charge is -2.01. The van der Waals surface area contributed by atoms with Gasteiger partial charge in [-0.05, 0) is 24.6 Å². The van der Waals surface area contributed by atoms with Gasteiger partial charge in [0.15, 0.2) is 5.78 Å². The molecule has 0 spiro atoms. The van der Waals surface area contributed by atoms with Crippen molar-refractivity contribution in [1.29, 1.82) is 0 Å². The van der Waals surface area contributed by atoms with Crippen molar-refractivity contribution < 1.29 is 13.6 Å². The third-order valence-corrected chi connectivity index (χ3v) is 3.26. The van der Waals surface area contributed by atoms with Gasteiger partial charge >= 0.3 is 0 Å². The summed E-state index contributed by atoms with van der Waals surface area (Å²) in [6, 6.07) is 3.11. The number of aryl methyl sites for hydroxylation is 1. The molecule has 0 N–H and O–H groups in total. The van der Waals surface area contributed by atoms with Gasteiger partial charge in [-0.3, -0.25) is 4.79 Å². The largest absolute Gasteiger partial charge is 0.293 e. The van der Waals surface area contributed by atoms with Crippen LogP contribution in [0.1, 0.15) is 20.9 Å². The minimum atomic E-state index is -0.672. The zero-order valence-corrected chi connectivity index (χ0v) is 9.85. The summed E-state index contributed by atoms with van der Waals surface area (Å²) in [4.78, 5) is 16.3. The molecule has 0 saturated heterocycles. The molecular formula is C12H9F2NOS. The topological polar surface area (TPSA) is 30.0 Å². The number of hydrogen-bond donors (Lipinski definition) is 0. The number of hydrogen-bond acceptors (Lipinski definition) is 3. The van der Waals surface area contributed by atoms with Gasteiger partial charge in [-0.2, -0.15) is 0 Å². The highest BCUT2D eigenvalue weighted by Gasteiger charge is 2.13. The van der Waals surface area contributed by atoms with Crippen molar-refractivity contribution in [3.05, 3.63) is 51.5 Å². The van der Waals surface area contributed by atoms with Crippen LogP contribution in [0.25, 0.3) is 0 Å². The monoisotopic (exact) mass is 253 g/mol. The second-order valence-corrected chi connectivity index (χ2v) is 4.50. The van der Waals surface area contributed by atoms with Crippen LogP contribution in [0.3, 0.4) is 0 Å². The van der Waals surface area contributed by atoms with Crippen molar-refractivity contribution >= 4 is 17.1 Å². The Kier molecular flexibility index (Phi) is 3.28. The summed E-state index contributed by atoms with van der Waals surface area (Å²) in [5.74, 6) is -1.52. The summed E-state index contributed by atoms with van der Waals surface area (Å²) in [7, 11) is 0. The number of benzene rings is 1.